The minimum absolute atomic E-state index is 0.116. The highest BCUT2D eigenvalue weighted by molar-refractivity contribution is 9.10. The highest BCUT2D eigenvalue weighted by atomic mass is 79.9. The van der Waals surface area contributed by atoms with Crippen LogP contribution in [0.3, 0.4) is 0 Å². The normalized spacial score (nSPS) is 10.0. The van der Waals surface area contributed by atoms with Crippen molar-refractivity contribution in [1.29, 1.82) is 0 Å². The number of hydrogen-bond donors (Lipinski definition) is 2. The van der Waals surface area contributed by atoms with Crippen LogP contribution in [0.4, 0.5) is 0 Å². The van der Waals surface area contributed by atoms with Crippen molar-refractivity contribution in [3.05, 3.63) is 27.5 Å². The predicted octanol–water partition coefficient (Wildman–Crippen LogP) is 1.33. The lowest BCUT2D eigenvalue weighted by Gasteiger charge is -2.08. The fraction of sp³-hybridized carbons (Fsp3) is 0.417. The molecule has 0 aromatic carbocycles. The van der Waals surface area contributed by atoms with Gasteiger partial charge in [0.15, 0.2) is 0 Å². The number of carbonyl (C=O) groups is 2. The summed E-state index contributed by atoms with van der Waals surface area (Å²) in [7, 11) is 0. The van der Waals surface area contributed by atoms with Gasteiger partial charge in [-0.15, -0.1) is 0 Å². The molecule has 6 heteroatoms. The Morgan fingerprint density at radius 3 is 2.50 bits per heavy atom. The van der Waals surface area contributed by atoms with Crippen LogP contribution in [0.5, 0.6) is 0 Å². The van der Waals surface area contributed by atoms with E-state index in [0.29, 0.717) is 23.3 Å². The van der Waals surface area contributed by atoms with E-state index in [1.165, 1.54) is 6.92 Å². The summed E-state index contributed by atoms with van der Waals surface area (Å²) in [6, 6.07) is 1.87. The largest absolute Gasteiger partial charge is 0.355 e. The molecule has 1 heterocycles. The number of halogens is 1. The average molecular weight is 314 g/mol. The molecule has 0 fully saturated rings. The van der Waals surface area contributed by atoms with E-state index >= 15 is 0 Å². The van der Waals surface area contributed by atoms with Crippen molar-refractivity contribution in [2.24, 2.45) is 0 Å². The van der Waals surface area contributed by atoms with E-state index in [-0.39, 0.29) is 11.8 Å². The van der Waals surface area contributed by atoms with Gasteiger partial charge in [-0.05, 0) is 41.4 Å². The first-order valence-electron chi connectivity index (χ1n) is 5.58. The van der Waals surface area contributed by atoms with Crippen LogP contribution < -0.4 is 10.6 Å². The van der Waals surface area contributed by atoms with Crippen LogP contribution in [0.2, 0.25) is 0 Å². The topological polar surface area (TPSA) is 71.1 Å². The van der Waals surface area contributed by atoms with Gasteiger partial charge < -0.3 is 10.6 Å². The molecule has 0 aliphatic heterocycles. The number of rotatable bonds is 4. The standard InChI is InChI=1S/C12H16BrN3O2/c1-7-6-10(13)11(16-8(7)2)12(18)15-5-4-14-9(3)17/h6H,4-5H2,1-3H3,(H,14,17)(H,15,18). The summed E-state index contributed by atoms with van der Waals surface area (Å²) < 4.78 is 0.669. The Bertz CT molecular complexity index is 475. The molecule has 0 aliphatic rings. The number of hydrogen-bond acceptors (Lipinski definition) is 3. The van der Waals surface area contributed by atoms with Gasteiger partial charge in [-0.2, -0.15) is 0 Å². The molecule has 0 bridgehead atoms. The Morgan fingerprint density at radius 2 is 1.89 bits per heavy atom. The summed E-state index contributed by atoms with van der Waals surface area (Å²) in [5.74, 6) is -0.370. The Balaban J connectivity index is 2.62. The number of nitrogens with zero attached hydrogens (tertiary/aromatic N) is 1. The number of pyridine rings is 1. The van der Waals surface area contributed by atoms with E-state index in [0.717, 1.165) is 11.3 Å². The van der Waals surface area contributed by atoms with Crippen LogP contribution in [0.1, 0.15) is 28.7 Å². The molecule has 0 atom stereocenters. The van der Waals surface area contributed by atoms with Crippen LogP contribution in [-0.2, 0) is 4.79 Å². The number of carbonyl (C=O) groups excluding carboxylic acids is 2. The van der Waals surface area contributed by atoms with Crippen molar-refractivity contribution in [3.63, 3.8) is 0 Å². The van der Waals surface area contributed by atoms with Crippen molar-refractivity contribution >= 4 is 27.7 Å². The van der Waals surface area contributed by atoms with Crippen molar-refractivity contribution < 1.29 is 9.59 Å². The molecule has 98 valence electrons. The Hall–Kier alpha value is -1.43. The summed E-state index contributed by atoms with van der Waals surface area (Å²) in [6.07, 6.45) is 0. The fourth-order valence-corrected chi connectivity index (χ4v) is 1.94. The zero-order chi connectivity index (χ0) is 13.7. The maximum Gasteiger partial charge on any atom is 0.271 e. The fourth-order valence-electron chi connectivity index (χ4n) is 1.33. The van der Waals surface area contributed by atoms with Crippen molar-refractivity contribution in [2.45, 2.75) is 20.8 Å². The quantitative estimate of drug-likeness (QED) is 0.824. The molecule has 0 radical (unpaired) electrons. The SMILES string of the molecule is CC(=O)NCCNC(=O)c1nc(C)c(C)cc1Br. The molecule has 1 rings (SSSR count). The molecule has 0 spiro atoms. The maximum atomic E-state index is 11.9. The van der Waals surface area contributed by atoms with Crippen molar-refractivity contribution in [2.75, 3.05) is 13.1 Å². The zero-order valence-corrected chi connectivity index (χ0v) is 12.2. The van der Waals surface area contributed by atoms with Gasteiger partial charge in [-0.1, -0.05) is 0 Å². The van der Waals surface area contributed by atoms with Crippen LogP contribution in [0.25, 0.3) is 0 Å². The molecule has 0 aliphatic carbocycles. The van der Waals surface area contributed by atoms with Crippen molar-refractivity contribution in [3.8, 4) is 0 Å². The smallest absolute Gasteiger partial charge is 0.271 e. The minimum Gasteiger partial charge on any atom is -0.355 e. The van der Waals surface area contributed by atoms with Crippen LogP contribution >= 0.6 is 15.9 Å². The van der Waals surface area contributed by atoms with E-state index in [2.05, 4.69) is 31.5 Å². The maximum absolute atomic E-state index is 11.9. The third-order valence-corrected chi connectivity index (χ3v) is 3.02. The molecule has 0 saturated heterocycles. The number of aryl methyl sites for hydroxylation is 2. The second kappa shape index (κ2) is 6.49. The second-order valence-corrected chi connectivity index (χ2v) is 4.81. The summed E-state index contributed by atoms with van der Waals surface area (Å²) in [5.41, 5.74) is 2.21. The molecule has 1 aromatic heterocycles. The minimum atomic E-state index is -0.254. The number of amides is 2. The molecule has 0 saturated carbocycles. The third-order valence-electron chi connectivity index (χ3n) is 2.42. The van der Waals surface area contributed by atoms with Crippen LogP contribution in [0, 0.1) is 13.8 Å². The monoisotopic (exact) mass is 313 g/mol. The van der Waals surface area contributed by atoms with Gasteiger partial charge in [0.25, 0.3) is 5.91 Å². The summed E-state index contributed by atoms with van der Waals surface area (Å²) >= 11 is 3.32. The molecule has 5 nitrogen and oxygen atoms in total. The summed E-state index contributed by atoms with van der Waals surface area (Å²) in [6.45, 7) is 6.01. The van der Waals surface area contributed by atoms with E-state index in [9.17, 15) is 9.59 Å². The van der Waals surface area contributed by atoms with E-state index < -0.39 is 0 Å². The first kappa shape index (κ1) is 14.6. The number of nitrogens with one attached hydrogen (secondary N) is 2. The first-order valence-corrected chi connectivity index (χ1v) is 6.37. The summed E-state index contributed by atoms with van der Waals surface area (Å²) in [5, 5.41) is 5.30. The van der Waals surface area contributed by atoms with E-state index in [1.807, 2.05) is 19.9 Å². The van der Waals surface area contributed by atoms with Gasteiger partial charge >= 0.3 is 0 Å². The van der Waals surface area contributed by atoms with Gasteiger partial charge in [0.1, 0.15) is 5.69 Å². The predicted molar refractivity (Wildman–Crippen MR) is 72.4 cm³/mol. The second-order valence-electron chi connectivity index (χ2n) is 3.96. The highest BCUT2D eigenvalue weighted by Crippen LogP contribution is 2.18. The molecule has 2 amide bonds. The molecule has 18 heavy (non-hydrogen) atoms. The number of aromatic nitrogens is 1. The molecular formula is C12H16BrN3O2. The molecule has 1 aromatic rings. The summed E-state index contributed by atoms with van der Waals surface area (Å²) in [4.78, 5) is 26.7. The molecular weight excluding hydrogens is 298 g/mol. The molecule has 2 N–H and O–H groups in total. The van der Waals surface area contributed by atoms with Gasteiger partial charge in [0, 0.05) is 30.2 Å². The van der Waals surface area contributed by atoms with Gasteiger partial charge in [0.05, 0.1) is 0 Å². The highest BCUT2D eigenvalue weighted by Gasteiger charge is 2.12. The Morgan fingerprint density at radius 1 is 1.28 bits per heavy atom. The Kier molecular flexibility index (Phi) is 5.27. The van der Waals surface area contributed by atoms with Gasteiger partial charge in [-0.25, -0.2) is 4.98 Å². The third kappa shape index (κ3) is 4.10. The first-order chi connectivity index (χ1) is 8.41. The lowest BCUT2D eigenvalue weighted by Crippen LogP contribution is -2.34. The van der Waals surface area contributed by atoms with E-state index in [4.69, 9.17) is 0 Å². The van der Waals surface area contributed by atoms with Gasteiger partial charge in [0.2, 0.25) is 5.91 Å². The van der Waals surface area contributed by atoms with Gasteiger partial charge in [-0.3, -0.25) is 9.59 Å². The van der Waals surface area contributed by atoms with Crippen molar-refractivity contribution in [1.82, 2.24) is 15.6 Å². The van der Waals surface area contributed by atoms with E-state index in [1.54, 1.807) is 0 Å². The lowest BCUT2D eigenvalue weighted by atomic mass is 10.2. The van der Waals surface area contributed by atoms with Crippen LogP contribution in [-0.4, -0.2) is 29.9 Å². The Labute approximate surface area is 114 Å². The average Bonchev–Trinajstić information content (AvgIpc) is 2.28. The lowest BCUT2D eigenvalue weighted by molar-refractivity contribution is -0.118. The molecule has 0 unspecified atom stereocenters. The van der Waals surface area contributed by atoms with Crippen LogP contribution in [0.15, 0.2) is 10.5 Å². The zero-order valence-electron chi connectivity index (χ0n) is 10.6.